The molecule has 7 rings (SSSR count). The van der Waals surface area contributed by atoms with Crippen molar-refractivity contribution in [3.05, 3.63) is 58.1 Å². The average Bonchev–Trinajstić information content (AvgIpc) is 2.88. The Morgan fingerprint density at radius 1 is 0.923 bits per heavy atom. The molecule has 4 bridgehead atoms. The summed E-state index contributed by atoms with van der Waals surface area (Å²) in [6, 6.07) is 10.3. The van der Waals surface area contributed by atoms with Gasteiger partial charge in [-0.3, -0.25) is 14.9 Å². The van der Waals surface area contributed by atoms with Gasteiger partial charge in [-0.05, 0) is 111 Å². The van der Waals surface area contributed by atoms with Crippen molar-refractivity contribution in [3.63, 3.8) is 0 Å². The van der Waals surface area contributed by atoms with Gasteiger partial charge in [0.1, 0.15) is 5.57 Å². The van der Waals surface area contributed by atoms with E-state index in [1.54, 1.807) is 12.1 Å². The minimum absolute atomic E-state index is 0.187. The Morgan fingerprint density at radius 3 is 2.05 bits per heavy atom. The van der Waals surface area contributed by atoms with E-state index in [1.807, 2.05) is 26.0 Å². The zero-order valence-electron chi connectivity index (χ0n) is 22.3. The third-order valence-electron chi connectivity index (χ3n) is 8.84. The molecule has 1 saturated heterocycles. The molecule has 1 heterocycles. The summed E-state index contributed by atoms with van der Waals surface area (Å²) in [4.78, 5) is 40.1. The van der Waals surface area contributed by atoms with Crippen molar-refractivity contribution in [2.45, 2.75) is 57.8 Å². The summed E-state index contributed by atoms with van der Waals surface area (Å²) in [6.07, 6.45) is 9.19. The molecule has 2 aromatic carbocycles. The highest BCUT2D eigenvalue weighted by atomic mass is 35.5. The van der Waals surface area contributed by atoms with Gasteiger partial charge in [-0.25, -0.2) is 9.69 Å². The maximum absolute atomic E-state index is 13.5. The number of ether oxygens (including phenoxy) is 2. The summed E-state index contributed by atoms with van der Waals surface area (Å²) in [5.41, 5.74) is 2.16. The summed E-state index contributed by atoms with van der Waals surface area (Å²) < 4.78 is 11.3. The topological polar surface area (TPSA) is 84.9 Å². The lowest BCUT2D eigenvalue weighted by Crippen LogP contribution is -2.54. The number of barbiturate groups is 1. The van der Waals surface area contributed by atoms with Crippen molar-refractivity contribution in [3.8, 4) is 11.5 Å². The number of imide groups is 2. The third kappa shape index (κ3) is 4.61. The second-order valence-corrected chi connectivity index (χ2v) is 11.8. The van der Waals surface area contributed by atoms with Crippen LogP contribution in [-0.2, 0) is 15.0 Å². The van der Waals surface area contributed by atoms with Gasteiger partial charge < -0.3 is 9.47 Å². The van der Waals surface area contributed by atoms with Crippen LogP contribution in [0.15, 0.2) is 42.0 Å². The van der Waals surface area contributed by atoms with Crippen LogP contribution in [0, 0.1) is 17.8 Å². The first-order valence-corrected chi connectivity index (χ1v) is 14.3. The first kappa shape index (κ1) is 25.9. The fourth-order valence-electron chi connectivity index (χ4n) is 7.67. The van der Waals surface area contributed by atoms with Gasteiger partial charge in [-0.1, -0.05) is 23.7 Å². The predicted octanol–water partition coefficient (Wildman–Crippen LogP) is 6.27. The van der Waals surface area contributed by atoms with Gasteiger partial charge in [-0.2, -0.15) is 0 Å². The minimum Gasteiger partial charge on any atom is -0.490 e. The van der Waals surface area contributed by atoms with Crippen molar-refractivity contribution in [2.24, 2.45) is 17.8 Å². The highest BCUT2D eigenvalue weighted by Gasteiger charge is 2.51. The lowest BCUT2D eigenvalue weighted by Gasteiger charge is -2.57. The zero-order chi connectivity index (χ0) is 27.3. The van der Waals surface area contributed by atoms with Gasteiger partial charge in [0.05, 0.1) is 23.9 Å². The molecule has 1 N–H and O–H groups in total. The molecule has 5 aliphatic rings. The van der Waals surface area contributed by atoms with Crippen LogP contribution < -0.4 is 19.7 Å². The predicted molar refractivity (Wildman–Crippen MR) is 149 cm³/mol. The van der Waals surface area contributed by atoms with Crippen LogP contribution in [0.25, 0.3) is 6.08 Å². The van der Waals surface area contributed by atoms with E-state index >= 15 is 0 Å². The number of benzene rings is 2. The first-order valence-electron chi connectivity index (χ1n) is 13.9. The number of nitrogens with zero attached hydrogens (tertiary/aromatic N) is 1. The maximum Gasteiger partial charge on any atom is 0.335 e. The SMILES string of the molecule is CCOc1cc(Cl)c(/C=C2\C(=O)NC(=O)N(c3ccc(C45CC6CC(CC(C6)C4)C5)cc3)C2=O)cc1OCC. The van der Waals surface area contributed by atoms with Crippen LogP contribution in [-0.4, -0.2) is 31.1 Å². The molecular weight excluding hydrogens is 516 g/mol. The van der Waals surface area contributed by atoms with Crippen LogP contribution in [0.2, 0.25) is 5.02 Å². The van der Waals surface area contributed by atoms with Gasteiger partial charge in [-0.15, -0.1) is 0 Å². The average molecular weight is 549 g/mol. The molecule has 4 saturated carbocycles. The van der Waals surface area contributed by atoms with Crippen molar-refractivity contribution in [2.75, 3.05) is 18.1 Å². The van der Waals surface area contributed by atoms with E-state index in [2.05, 4.69) is 17.4 Å². The number of nitrogens with one attached hydrogen (secondary N) is 1. The van der Waals surface area contributed by atoms with Gasteiger partial charge >= 0.3 is 6.03 Å². The van der Waals surface area contributed by atoms with Gasteiger partial charge in [0, 0.05) is 6.07 Å². The zero-order valence-corrected chi connectivity index (χ0v) is 23.1. The second kappa shape index (κ2) is 10.0. The van der Waals surface area contributed by atoms with E-state index < -0.39 is 17.8 Å². The van der Waals surface area contributed by atoms with Gasteiger partial charge in [0.25, 0.3) is 11.8 Å². The van der Waals surface area contributed by atoms with Gasteiger partial charge in [0.2, 0.25) is 0 Å². The molecule has 204 valence electrons. The van der Waals surface area contributed by atoms with E-state index in [1.165, 1.54) is 50.2 Å². The number of anilines is 1. The molecule has 0 radical (unpaired) electrons. The second-order valence-electron chi connectivity index (χ2n) is 11.4. The van der Waals surface area contributed by atoms with Crippen molar-refractivity contribution < 1.29 is 23.9 Å². The maximum atomic E-state index is 13.5. The summed E-state index contributed by atoms with van der Waals surface area (Å²) in [7, 11) is 0. The first-order chi connectivity index (χ1) is 18.8. The monoisotopic (exact) mass is 548 g/mol. The molecule has 0 aromatic heterocycles. The molecule has 4 amide bonds. The lowest BCUT2D eigenvalue weighted by molar-refractivity contribution is -0.122. The molecule has 8 heteroatoms. The number of hydrogen-bond acceptors (Lipinski definition) is 5. The van der Waals surface area contributed by atoms with E-state index in [0.29, 0.717) is 41.0 Å². The van der Waals surface area contributed by atoms with Gasteiger partial charge in [0.15, 0.2) is 11.5 Å². The quantitative estimate of drug-likeness (QED) is 0.325. The van der Waals surface area contributed by atoms with E-state index in [9.17, 15) is 14.4 Å². The highest BCUT2D eigenvalue weighted by Crippen LogP contribution is 2.60. The molecule has 1 aliphatic heterocycles. The summed E-state index contributed by atoms with van der Waals surface area (Å²) in [6.45, 7) is 4.53. The van der Waals surface area contributed by atoms with Crippen molar-refractivity contribution in [1.29, 1.82) is 0 Å². The van der Waals surface area contributed by atoms with E-state index in [-0.39, 0.29) is 11.0 Å². The number of hydrogen-bond donors (Lipinski definition) is 1. The number of carbonyl (C=O) groups is 3. The Labute approximate surface area is 233 Å². The molecule has 4 aliphatic carbocycles. The standard InChI is InChI=1S/C31H33ClN2O5/c1-3-38-26-13-21(25(32)14-27(26)39-4-2)12-24-28(35)33-30(37)34(29(24)36)23-7-5-22(6-8-23)31-15-18-9-19(16-31)11-20(10-18)17-31/h5-8,12-14,18-20H,3-4,9-11,15-17H2,1-2H3,(H,33,35,37)/b24-12+. The smallest absolute Gasteiger partial charge is 0.335 e. The molecule has 0 unspecified atom stereocenters. The van der Waals surface area contributed by atoms with Crippen LogP contribution in [0.4, 0.5) is 10.5 Å². The highest BCUT2D eigenvalue weighted by molar-refractivity contribution is 6.40. The van der Waals surface area contributed by atoms with Crippen LogP contribution in [0.1, 0.15) is 63.5 Å². The summed E-state index contributed by atoms with van der Waals surface area (Å²) >= 11 is 6.48. The lowest BCUT2D eigenvalue weighted by atomic mass is 9.48. The number of urea groups is 1. The molecule has 0 atom stereocenters. The van der Waals surface area contributed by atoms with Crippen LogP contribution in [0.3, 0.4) is 0 Å². The van der Waals surface area contributed by atoms with Crippen molar-refractivity contribution >= 4 is 41.2 Å². The number of carbonyl (C=O) groups excluding carboxylic acids is 3. The largest absolute Gasteiger partial charge is 0.490 e. The minimum atomic E-state index is -0.769. The fraction of sp³-hybridized carbons (Fsp3) is 0.452. The number of halogens is 1. The Kier molecular flexibility index (Phi) is 6.66. The normalized spacial score (nSPS) is 28.7. The Bertz CT molecular complexity index is 1330. The molecular formula is C31H33ClN2O5. The number of rotatable bonds is 7. The molecule has 2 aromatic rings. The molecule has 0 spiro atoms. The van der Waals surface area contributed by atoms with E-state index in [4.69, 9.17) is 21.1 Å². The summed E-state index contributed by atoms with van der Waals surface area (Å²) in [5.74, 6) is 1.92. The Balaban J connectivity index is 1.29. The van der Waals surface area contributed by atoms with Crippen LogP contribution >= 0.6 is 11.6 Å². The molecule has 39 heavy (non-hydrogen) atoms. The Morgan fingerprint density at radius 2 is 1.49 bits per heavy atom. The van der Waals surface area contributed by atoms with Crippen LogP contribution in [0.5, 0.6) is 11.5 Å². The molecule has 5 fully saturated rings. The number of amides is 4. The summed E-state index contributed by atoms with van der Waals surface area (Å²) in [5, 5.41) is 2.59. The van der Waals surface area contributed by atoms with Crippen molar-refractivity contribution in [1.82, 2.24) is 5.32 Å². The fourth-order valence-corrected chi connectivity index (χ4v) is 7.88. The third-order valence-corrected chi connectivity index (χ3v) is 9.17. The molecule has 7 nitrogen and oxygen atoms in total. The Hall–Kier alpha value is -3.32. The van der Waals surface area contributed by atoms with E-state index in [0.717, 1.165) is 22.7 Å².